The van der Waals surface area contributed by atoms with Gasteiger partial charge in [-0.25, -0.2) is 0 Å². The molecule has 98 valence electrons. The molecular formula is C14H7Cl2N3S. The minimum absolute atomic E-state index is 0.487. The number of para-hydroxylation sites is 1. The van der Waals surface area contributed by atoms with Crippen LogP contribution in [0.2, 0.25) is 10.0 Å². The van der Waals surface area contributed by atoms with Crippen LogP contribution in [0.5, 0.6) is 0 Å². The second-order valence-corrected chi connectivity index (χ2v) is 5.46. The molecule has 0 aliphatic rings. The number of fused-ring (bicyclic) bond motifs is 1. The number of benzene rings is 2. The minimum atomic E-state index is 0.487. The number of rotatable bonds is 1. The average Bonchev–Trinajstić information content (AvgIpc) is 2.73. The summed E-state index contributed by atoms with van der Waals surface area (Å²) in [5.74, 6) is 0. The van der Waals surface area contributed by atoms with E-state index in [1.54, 1.807) is 24.3 Å². The van der Waals surface area contributed by atoms with Gasteiger partial charge >= 0.3 is 0 Å². The summed E-state index contributed by atoms with van der Waals surface area (Å²) in [7, 11) is 0. The highest BCUT2D eigenvalue weighted by atomic mass is 35.5. The van der Waals surface area contributed by atoms with Crippen molar-refractivity contribution in [1.82, 2.24) is 9.55 Å². The van der Waals surface area contributed by atoms with Crippen LogP contribution in [-0.2, 0) is 0 Å². The van der Waals surface area contributed by atoms with E-state index in [0.29, 0.717) is 25.9 Å². The zero-order valence-electron chi connectivity index (χ0n) is 10.0. The molecule has 0 radical (unpaired) electrons. The van der Waals surface area contributed by atoms with Gasteiger partial charge in [-0.2, -0.15) is 5.26 Å². The Morgan fingerprint density at radius 1 is 1.15 bits per heavy atom. The molecule has 3 nitrogen and oxygen atoms in total. The summed E-state index contributed by atoms with van der Waals surface area (Å²) in [6.07, 6.45) is 0. The van der Waals surface area contributed by atoms with Gasteiger partial charge < -0.3 is 4.98 Å². The number of hydrogen-bond acceptors (Lipinski definition) is 2. The summed E-state index contributed by atoms with van der Waals surface area (Å²) in [5.41, 5.74) is 2.82. The van der Waals surface area contributed by atoms with Crippen molar-refractivity contribution >= 4 is 46.5 Å². The summed E-state index contributed by atoms with van der Waals surface area (Å²) in [6.45, 7) is 0. The van der Waals surface area contributed by atoms with E-state index in [0.717, 1.165) is 11.2 Å². The summed E-state index contributed by atoms with van der Waals surface area (Å²) >= 11 is 17.4. The zero-order valence-corrected chi connectivity index (χ0v) is 12.4. The van der Waals surface area contributed by atoms with Crippen LogP contribution < -0.4 is 0 Å². The van der Waals surface area contributed by atoms with Crippen LogP contribution in [-0.4, -0.2) is 9.55 Å². The van der Waals surface area contributed by atoms with Gasteiger partial charge in [-0.15, -0.1) is 0 Å². The van der Waals surface area contributed by atoms with Gasteiger partial charge in [-0.05, 0) is 42.5 Å². The Morgan fingerprint density at radius 3 is 2.50 bits per heavy atom. The summed E-state index contributed by atoms with van der Waals surface area (Å²) in [5, 5.41) is 10.2. The number of imidazole rings is 1. The third-order valence-corrected chi connectivity index (χ3v) is 3.67. The maximum Gasteiger partial charge on any atom is 0.182 e. The maximum absolute atomic E-state index is 9.14. The Balaban J connectivity index is 2.40. The third-order valence-electron chi connectivity index (χ3n) is 2.94. The number of H-pyrrole nitrogens is 1. The average molecular weight is 320 g/mol. The first kappa shape index (κ1) is 13.2. The van der Waals surface area contributed by atoms with E-state index in [1.165, 1.54) is 0 Å². The second kappa shape index (κ2) is 4.95. The lowest BCUT2D eigenvalue weighted by molar-refractivity contribution is 1.07. The second-order valence-electron chi connectivity index (χ2n) is 4.20. The highest BCUT2D eigenvalue weighted by Crippen LogP contribution is 2.26. The molecule has 6 heteroatoms. The van der Waals surface area contributed by atoms with Gasteiger partial charge in [0.05, 0.1) is 22.3 Å². The van der Waals surface area contributed by atoms with Gasteiger partial charge in [0, 0.05) is 10.0 Å². The molecule has 0 fully saturated rings. The Kier molecular flexibility index (Phi) is 3.27. The fourth-order valence-corrected chi connectivity index (χ4v) is 2.97. The molecule has 0 aliphatic carbocycles. The van der Waals surface area contributed by atoms with E-state index in [1.807, 2.05) is 16.7 Å². The predicted octanol–water partition coefficient (Wildman–Crippen LogP) is 4.87. The first-order valence-corrected chi connectivity index (χ1v) is 6.87. The molecule has 0 amide bonds. The molecule has 0 bridgehead atoms. The van der Waals surface area contributed by atoms with Crippen molar-refractivity contribution in [3.8, 4) is 11.8 Å². The van der Waals surface area contributed by atoms with Crippen molar-refractivity contribution in [2.75, 3.05) is 0 Å². The lowest BCUT2D eigenvalue weighted by Gasteiger charge is -2.06. The van der Waals surface area contributed by atoms with Crippen LogP contribution in [0, 0.1) is 16.1 Å². The summed E-state index contributed by atoms with van der Waals surface area (Å²) in [4.78, 5) is 3.05. The van der Waals surface area contributed by atoms with Crippen molar-refractivity contribution in [2.45, 2.75) is 0 Å². The lowest BCUT2D eigenvalue weighted by Crippen LogP contribution is -1.94. The number of halogens is 2. The van der Waals surface area contributed by atoms with Gasteiger partial charge in [-0.3, -0.25) is 4.57 Å². The molecular weight excluding hydrogens is 313 g/mol. The first-order valence-electron chi connectivity index (χ1n) is 5.70. The van der Waals surface area contributed by atoms with Crippen LogP contribution in [0.1, 0.15) is 5.56 Å². The van der Waals surface area contributed by atoms with Crippen LogP contribution in [0.3, 0.4) is 0 Å². The molecule has 1 heterocycles. The van der Waals surface area contributed by atoms with Gasteiger partial charge in [0.15, 0.2) is 4.77 Å². The van der Waals surface area contributed by atoms with Gasteiger partial charge in [0.1, 0.15) is 6.07 Å². The third kappa shape index (κ3) is 2.10. The van der Waals surface area contributed by atoms with E-state index in [4.69, 9.17) is 40.7 Å². The van der Waals surface area contributed by atoms with Crippen molar-refractivity contribution in [1.29, 1.82) is 5.26 Å². The molecule has 2 aromatic carbocycles. The van der Waals surface area contributed by atoms with Crippen LogP contribution >= 0.6 is 35.4 Å². The summed E-state index contributed by atoms with van der Waals surface area (Å²) < 4.78 is 2.30. The van der Waals surface area contributed by atoms with E-state index in [2.05, 4.69) is 11.1 Å². The standard InChI is InChI=1S/C14H7Cl2N3S/c15-9-4-10(16)6-11(5-9)19-12-3-1-2-8(7-17)13(12)18-14(19)20/h1-6H,(H,18,20). The Hall–Kier alpha value is -1.80. The first-order chi connectivity index (χ1) is 9.60. The Bertz CT molecular complexity index is 898. The van der Waals surface area contributed by atoms with Gasteiger partial charge in [0.25, 0.3) is 0 Å². The molecule has 0 saturated carbocycles. The highest BCUT2D eigenvalue weighted by Gasteiger charge is 2.10. The predicted molar refractivity (Wildman–Crippen MR) is 83.2 cm³/mol. The molecule has 0 saturated heterocycles. The van der Waals surface area contributed by atoms with Crippen LogP contribution in [0.15, 0.2) is 36.4 Å². The number of nitrogens with zero attached hydrogens (tertiary/aromatic N) is 2. The monoisotopic (exact) mass is 319 g/mol. The molecule has 0 aliphatic heterocycles. The van der Waals surface area contributed by atoms with Gasteiger partial charge in [0.2, 0.25) is 0 Å². The van der Waals surface area contributed by atoms with E-state index >= 15 is 0 Å². The van der Waals surface area contributed by atoms with Gasteiger partial charge in [-0.1, -0.05) is 29.3 Å². The molecule has 0 unspecified atom stereocenters. The number of nitrogens with one attached hydrogen (secondary N) is 1. The number of nitriles is 1. The van der Waals surface area contributed by atoms with Crippen LogP contribution in [0.4, 0.5) is 0 Å². The van der Waals surface area contributed by atoms with Crippen LogP contribution in [0.25, 0.3) is 16.7 Å². The van der Waals surface area contributed by atoms with E-state index < -0.39 is 0 Å². The molecule has 3 rings (SSSR count). The largest absolute Gasteiger partial charge is 0.329 e. The fourth-order valence-electron chi connectivity index (χ4n) is 2.15. The lowest BCUT2D eigenvalue weighted by atomic mass is 10.2. The quantitative estimate of drug-likeness (QED) is 0.650. The Morgan fingerprint density at radius 2 is 1.85 bits per heavy atom. The SMILES string of the molecule is N#Cc1cccc2c1[nH]c(=S)n2-c1cc(Cl)cc(Cl)c1. The van der Waals surface area contributed by atoms with Crippen molar-refractivity contribution in [2.24, 2.45) is 0 Å². The fraction of sp³-hybridized carbons (Fsp3) is 0. The Labute approximate surface area is 130 Å². The molecule has 0 spiro atoms. The van der Waals surface area contributed by atoms with E-state index in [9.17, 15) is 0 Å². The highest BCUT2D eigenvalue weighted by molar-refractivity contribution is 7.71. The molecule has 1 N–H and O–H groups in total. The van der Waals surface area contributed by atoms with Crippen molar-refractivity contribution < 1.29 is 0 Å². The molecule has 20 heavy (non-hydrogen) atoms. The number of aromatic amines is 1. The van der Waals surface area contributed by atoms with Crippen molar-refractivity contribution in [3.63, 3.8) is 0 Å². The smallest absolute Gasteiger partial charge is 0.182 e. The zero-order chi connectivity index (χ0) is 14.3. The topological polar surface area (TPSA) is 44.5 Å². The van der Waals surface area contributed by atoms with E-state index in [-0.39, 0.29) is 0 Å². The number of hydrogen-bond donors (Lipinski definition) is 1. The minimum Gasteiger partial charge on any atom is -0.329 e. The number of aromatic nitrogens is 2. The van der Waals surface area contributed by atoms with Crippen molar-refractivity contribution in [3.05, 3.63) is 56.8 Å². The molecule has 0 atom stereocenters. The molecule has 3 aromatic rings. The maximum atomic E-state index is 9.14. The normalized spacial score (nSPS) is 10.7. The summed E-state index contributed by atoms with van der Waals surface area (Å²) in [6, 6.07) is 12.8. The molecule has 1 aromatic heterocycles.